The van der Waals surface area contributed by atoms with Gasteiger partial charge in [-0.15, -0.1) is 0 Å². The van der Waals surface area contributed by atoms with Crippen LogP contribution in [0.3, 0.4) is 0 Å². The van der Waals surface area contributed by atoms with Crippen molar-refractivity contribution in [2.24, 2.45) is 5.41 Å². The minimum atomic E-state index is -1.42. The van der Waals surface area contributed by atoms with Crippen molar-refractivity contribution in [3.63, 3.8) is 0 Å². The maximum Gasteiger partial charge on any atom is 0.337 e. The first-order valence-electron chi connectivity index (χ1n) is 9.37. The van der Waals surface area contributed by atoms with E-state index in [1.54, 1.807) is 6.92 Å². The van der Waals surface area contributed by atoms with Crippen LogP contribution in [0.15, 0.2) is 30.3 Å². The fraction of sp³-hybridized carbons (Fsp3) is 0.619. The summed E-state index contributed by atoms with van der Waals surface area (Å²) in [7, 11) is 2.76. The van der Waals surface area contributed by atoms with Crippen molar-refractivity contribution in [1.82, 2.24) is 4.90 Å². The molecular formula is C21H29NO6. The molecule has 2 aliphatic heterocycles. The summed E-state index contributed by atoms with van der Waals surface area (Å²) in [5.41, 5.74) is -2.20. The molecule has 0 N–H and O–H groups in total. The summed E-state index contributed by atoms with van der Waals surface area (Å²) in [5, 5.41) is 0. The van der Waals surface area contributed by atoms with E-state index in [0.29, 0.717) is 0 Å². The monoisotopic (exact) mass is 391 g/mol. The highest BCUT2D eigenvalue weighted by atomic mass is 16.6. The van der Waals surface area contributed by atoms with Crippen LogP contribution >= 0.6 is 0 Å². The first-order chi connectivity index (χ1) is 13.1. The van der Waals surface area contributed by atoms with Gasteiger partial charge in [-0.05, 0) is 12.5 Å². The van der Waals surface area contributed by atoms with Gasteiger partial charge in [0.25, 0.3) is 5.91 Å². The number of nitrogens with zero attached hydrogens (tertiary/aromatic N) is 1. The lowest BCUT2D eigenvalue weighted by atomic mass is 9.80. The van der Waals surface area contributed by atoms with Gasteiger partial charge in [0.05, 0.1) is 20.3 Å². The maximum atomic E-state index is 13.4. The van der Waals surface area contributed by atoms with Crippen LogP contribution < -0.4 is 0 Å². The van der Waals surface area contributed by atoms with E-state index < -0.39 is 34.9 Å². The smallest absolute Gasteiger partial charge is 0.337 e. The number of rotatable bonds is 5. The number of carbonyl (C=O) groups is 2. The largest absolute Gasteiger partial charge is 0.467 e. The first kappa shape index (κ1) is 20.8. The van der Waals surface area contributed by atoms with Gasteiger partial charge in [0.2, 0.25) is 0 Å². The van der Waals surface area contributed by atoms with Crippen molar-refractivity contribution in [1.29, 1.82) is 0 Å². The van der Waals surface area contributed by atoms with Crippen molar-refractivity contribution in [3.05, 3.63) is 35.9 Å². The average Bonchev–Trinajstić information content (AvgIpc) is 3.16. The van der Waals surface area contributed by atoms with Crippen LogP contribution in [0.1, 0.15) is 33.3 Å². The highest BCUT2D eigenvalue weighted by molar-refractivity contribution is 5.98. The van der Waals surface area contributed by atoms with E-state index in [1.807, 2.05) is 51.1 Å². The molecule has 0 aliphatic carbocycles. The summed E-state index contributed by atoms with van der Waals surface area (Å²) in [6.07, 6.45) is -1.55. The van der Waals surface area contributed by atoms with Crippen LogP contribution in [-0.4, -0.2) is 61.1 Å². The molecule has 0 bridgehead atoms. The maximum absolute atomic E-state index is 13.4. The minimum Gasteiger partial charge on any atom is -0.467 e. The molecule has 3 rings (SSSR count). The molecule has 7 heteroatoms. The average molecular weight is 391 g/mol. The van der Waals surface area contributed by atoms with Crippen LogP contribution in [0.4, 0.5) is 0 Å². The SMILES string of the molecule is COC(=O)[C@@]12CO[C@@H](C(C)(C)C)N1C(=O)[C@H](OC)[C@@]2(C)OCc1ccccc1. The first-order valence-corrected chi connectivity index (χ1v) is 9.37. The molecule has 2 aliphatic rings. The molecule has 2 fully saturated rings. The molecule has 0 unspecified atom stereocenters. The van der Waals surface area contributed by atoms with Crippen molar-refractivity contribution in [2.75, 3.05) is 20.8 Å². The van der Waals surface area contributed by atoms with Crippen LogP contribution in [0.2, 0.25) is 0 Å². The van der Waals surface area contributed by atoms with E-state index in [4.69, 9.17) is 18.9 Å². The van der Waals surface area contributed by atoms with Gasteiger partial charge in [-0.25, -0.2) is 4.79 Å². The molecule has 1 amide bonds. The Balaban J connectivity index is 2.08. The van der Waals surface area contributed by atoms with E-state index in [1.165, 1.54) is 19.1 Å². The van der Waals surface area contributed by atoms with Gasteiger partial charge < -0.3 is 18.9 Å². The zero-order chi connectivity index (χ0) is 20.7. The highest BCUT2D eigenvalue weighted by Gasteiger charge is 2.77. The standard InChI is InChI=1S/C21H29NO6/c1-19(2,3)17-22-16(23)15(25-5)20(4,21(22,13-27-17)18(24)26-6)28-12-14-10-8-7-9-11-14/h7-11,15,17H,12-13H2,1-6H3/t15-,17-,20+,21+/m0/s1. The molecule has 0 saturated carbocycles. The zero-order valence-electron chi connectivity index (χ0n) is 17.4. The van der Waals surface area contributed by atoms with Gasteiger partial charge in [0.1, 0.15) is 11.8 Å². The van der Waals surface area contributed by atoms with Gasteiger partial charge in [-0.2, -0.15) is 0 Å². The number of benzene rings is 1. The van der Waals surface area contributed by atoms with Gasteiger partial charge in [-0.3, -0.25) is 9.69 Å². The van der Waals surface area contributed by atoms with E-state index in [0.717, 1.165) is 5.56 Å². The number of methoxy groups -OCH3 is 2. The van der Waals surface area contributed by atoms with Crippen molar-refractivity contribution < 1.29 is 28.5 Å². The number of fused-ring (bicyclic) bond motifs is 1. The summed E-state index contributed by atoms with van der Waals surface area (Å²) in [6, 6.07) is 9.58. The Bertz CT molecular complexity index is 745. The highest BCUT2D eigenvalue weighted by Crippen LogP contribution is 2.52. The predicted molar refractivity (Wildman–Crippen MR) is 101 cm³/mol. The summed E-state index contributed by atoms with van der Waals surface area (Å²) < 4.78 is 23.0. The number of carbonyl (C=O) groups excluding carboxylic acids is 2. The molecule has 0 radical (unpaired) electrons. The van der Waals surface area contributed by atoms with E-state index in [9.17, 15) is 9.59 Å². The lowest BCUT2D eigenvalue weighted by Crippen LogP contribution is -2.66. The van der Waals surface area contributed by atoms with Crippen LogP contribution in [0, 0.1) is 5.41 Å². The number of hydrogen-bond donors (Lipinski definition) is 0. The van der Waals surface area contributed by atoms with Crippen molar-refractivity contribution >= 4 is 11.9 Å². The second kappa shape index (κ2) is 7.13. The number of hydrogen-bond acceptors (Lipinski definition) is 6. The predicted octanol–water partition coefficient (Wildman–Crippen LogP) is 2.13. The Morgan fingerprint density at radius 1 is 1.25 bits per heavy atom. The molecule has 1 aromatic rings. The van der Waals surface area contributed by atoms with Gasteiger partial charge in [-0.1, -0.05) is 51.1 Å². The van der Waals surface area contributed by atoms with Gasteiger partial charge in [0.15, 0.2) is 11.6 Å². The Kier molecular flexibility index (Phi) is 5.29. The van der Waals surface area contributed by atoms with Crippen LogP contribution in [-0.2, 0) is 35.1 Å². The lowest BCUT2D eigenvalue weighted by Gasteiger charge is -2.42. The molecule has 28 heavy (non-hydrogen) atoms. The zero-order valence-corrected chi connectivity index (χ0v) is 17.4. The Morgan fingerprint density at radius 2 is 1.89 bits per heavy atom. The third-order valence-electron chi connectivity index (χ3n) is 5.76. The Hall–Kier alpha value is -1.96. The molecule has 2 heterocycles. The lowest BCUT2D eigenvalue weighted by molar-refractivity contribution is -0.184. The molecular weight excluding hydrogens is 362 g/mol. The van der Waals surface area contributed by atoms with E-state index in [-0.39, 0.29) is 19.1 Å². The molecule has 7 nitrogen and oxygen atoms in total. The fourth-order valence-corrected chi connectivity index (χ4v) is 4.30. The normalized spacial score (nSPS) is 32.5. The van der Waals surface area contributed by atoms with E-state index in [2.05, 4.69) is 0 Å². The second-order valence-corrected chi connectivity index (χ2v) is 8.59. The molecule has 0 aromatic heterocycles. The quantitative estimate of drug-likeness (QED) is 0.716. The van der Waals surface area contributed by atoms with Gasteiger partial charge >= 0.3 is 5.97 Å². The van der Waals surface area contributed by atoms with Crippen molar-refractivity contribution in [2.45, 2.75) is 57.8 Å². The van der Waals surface area contributed by atoms with Crippen LogP contribution in [0.25, 0.3) is 0 Å². The summed E-state index contributed by atoms with van der Waals surface area (Å²) >= 11 is 0. The third kappa shape index (κ3) is 2.84. The van der Waals surface area contributed by atoms with Gasteiger partial charge in [0, 0.05) is 12.5 Å². The summed E-state index contributed by atoms with van der Waals surface area (Å²) in [5.74, 6) is -0.899. The molecule has 4 atom stereocenters. The van der Waals surface area contributed by atoms with Crippen molar-refractivity contribution in [3.8, 4) is 0 Å². The summed E-state index contributed by atoms with van der Waals surface area (Å²) in [6.45, 7) is 7.81. The fourth-order valence-electron chi connectivity index (χ4n) is 4.30. The molecule has 0 spiro atoms. The summed E-state index contributed by atoms with van der Waals surface area (Å²) in [4.78, 5) is 27.9. The van der Waals surface area contributed by atoms with E-state index >= 15 is 0 Å². The molecule has 154 valence electrons. The third-order valence-corrected chi connectivity index (χ3v) is 5.76. The number of esters is 1. The minimum absolute atomic E-state index is 0.0154. The Labute approximate surface area is 165 Å². The molecule has 1 aromatic carbocycles. The van der Waals surface area contributed by atoms with Crippen LogP contribution in [0.5, 0.6) is 0 Å². The molecule has 2 saturated heterocycles. The number of ether oxygens (including phenoxy) is 4. The number of amides is 1. The topological polar surface area (TPSA) is 74.3 Å². The Morgan fingerprint density at radius 3 is 2.43 bits per heavy atom. The second-order valence-electron chi connectivity index (χ2n) is 8.59.